The van der Waals surface area contributed by atoms with Crippen molar-refractivity contribution in [2.75, 3.05) is 13.7 Å². The van der Waals surface area contributed by atoms with Crippen LogP contribution in [0.3, 0.4) is 0 Å². The molecule has 3 N–H and O–H groups in total. The molecule has 15 heavy (non-hydrogen) atoms. The van der Waals surface area contributed by atoms with E-state index in [-0.39, 0.29) is 5.41 Å². The maximum atomic E-state index is 9.78. The summed E-state index contributed by atoms with van der Waals surface area (Å²) in [5.41, 5.74) is 7.74. The van der Waals surface area contributed by atoms with E-state index < -0.39 is 0 Å². The van der Waals surface area contributed by atoms with Crippen molar-refractivity contribution in [2.45, 2.75) is 25.2 Å². The Kier molecular flexibility index (Phi) is 2.35. The highest BCUT2D eigenvalue weighted by molar-refractivity contribution is 5.50. The molecule has 0 saturated heterocycles. The van der Waals surface area contributed by atoms with E-state index in [0.29, 0.717) is 12.3 Å². The third-order valence-electron chi connectivity index (χ3n) is 3.41. The fourth-order valence-corrected chi connectivity index (χ4v) is 1.95. The van der Waals surface area contributed by atoms with E-state index in [9.17, 15) is 5.11 Å². The van der Waals surface area contributed by atoms with E-state index >= 15 is 0 Å². The quantitative estimate of drug-likeness (QED) is 0.793. The lowest BCUT2D eigenvalue weighted by Crippen LogP contribution is -2.19. The number of methoxy groups -OCH3 is 1. The van der Waals surface area contributed by atoms with Gasteiger partial charge in [0.05, 0.1) is 7.11 Å². The highest BCUT2D eigenvalue weighted by Crippen LogP contribution is 2.49. The van der Waals surface area contributed by atoms with E-state index in [0.717, 1.165) is 29.7 Å². The molecule has 1 fully saturated rings. The van der Waals surface area contributed by atoms with Gasteiger partial charge in [-0.15, -0.1) is 0 Å². The minimum Gasteiger partial charge on any atom is -0.508 e. The fourth-order valence-electron chi connectivity index (χ4n) is 1.95. The van der Waals surface area contributed by atoms with Gasteiger partial charge in [0.25, 0.3) is 0 Å². The largest absolute Gasteiger partial charge is 0.508 e. The van der Waals surface area contributed by atoms with Crippen molar-refractivity contribution in [3.63, 3.8) is 0 Å². The van der Waals surface area contributed by atoms with Crippen molar-refractivity contribution in [1.29, 1.82) is 0 Å². The first kappa shape index (κ1) is 10.3. The standard InChI is InChI=1S/C12H17NO2/c1-8-10(14)5-9(6-11(8)15-2)12(7-13)3-4-12/h5-6,14H,3-4,7,13H2,1-2H3. The molecular formula is C12H17NO2. The van der Waals surface area contributed by atoms with Crippen LogP contribution in [-0.4, -0.2) is 18.8 Å². The van der Waals surface area contributed by atoms with Gasteiger partial charge in [-0.05, 0) is 37.5 Å². The number of hydrogen-bond acceptors (Lipinski definition) is 3. The van der Waals surface area contributed by atoms with Crippen LogP contribution in [0.25, 0.3) is 0 Å². The van der Waals surface area contributed by atoms with Crippen LogP contribution in [0.2, 0.25) is 0 Å². The summed E-state index contributed by atoms with van der Waals surface area (Å²) in [4.78, 5) is 0. The SMILES string of the molecule is COc1cc(C2(CN)CC2)cc(O)c1C. The lowest BCUT2D eigenvalue weighted by Gasteiger charge is -2.16. The number of phenolic OH excluding ortho intramolecular Hbond substituents is 1. The summed E-state index contributed by atoms with van der Waals surface area (Å²) in [5, 5.41) is 9.78. The third kappa shape index (κ3) is 1.57. The first-order chi connectivity index (χ1) is 7.13. The molecule has 1 aromatic rings. The number of phenols is 1. The molecule has 0 radical (unpaired) electrons. The summed E-state index contributed by atoms with van der Waals surface area (Å²) < 4.78 is 5.23. The van der Waals surface area contributed by atoms with Gasteiger partial charge in [0, 0.05) is 17.5 Å². The van der Waals surface area contributed by atoms with Gasteiger partial charge in [0.1, 0.15) is 11.5 Å². The molecule has 0 atom stereocenters. The first-order valence-electron chi connectivity index (χ1n) is 5.21. The second-order valence-electron chi connectivity index (χ2n) is 4.31. The topological polar surface area (TPSA) is 55.5 Å². The van der Waals surface area contributed by atoms with Crippen LogP contribution in [0.4, 0.5) is 0 Å². The van der Waals surface area contributed by atoms with Crippen molar-refractivity contribution in [2.24, 2.45) is 5.73 Å². The van der Waals surface area contributed by atoms with E-state index in [4.69, 9.17) is 10.5 Å². The fraction of sp³-hybridized carbons (Fsp3) is 0.500. The summed E-state index contributed by atoms with van der Waals surface area (Å²) in [6.07, 6.45) is 2.21. The number of ether oxygens (including phenoxy) is 1. The molecule has 0 aromatic heterocycles. The molecule has 1 aromatic carbocycles. The number of nitrogens with two attached hydrogens (primary N) is 1. The van der Waals surface area contributed by atoms with Crippen molar-refractivity contribution in [3.05, 3.63) is 23.3 Å². The normalized spacial score (nSPS) is 17.5. The Balaban J connectivity index is 2.46. The summed E-state index contributed by atoms with van der Waals surface area (Å²) in [6, 6.07) is 3.81. The number of rotatable bonds is 3. The molecule has 2 rings (SSSR count). The number of hydrogen-bond donors (Lipinski definition) is 2. The van der Waals surface area contributed by atoms with Gasteiger partial charge in [-0.3, -0.25) is 0 Å². The molecule has 1 aliphatic carbocycles. The molecule has 0 bridgehead atoms. The summed E-state index contributed by atoms with van der Waals surface area (Å²) in [7, 11) is 1.62. The average molecular weight is 207 g/mol. The zero-order valence-corrected chi connectivity index (χ0v) is 9.21. The predicted octanol–water partition coefficient (Wildman–Crippen LogP) is 1.70. The Morgan fingerprint density at radius 3 is 2.60 bits per heavy atom. The minimum atomic E-state index is 0.0957. The van der Waals surface area contributed by atoms with Crippen LogP contribution in [0, 0.1) is 6.92 Å². The molecule has 0 amide bonds. The van der Waals surface area contributed by atoms with Gasteiger partial charge in [-0.1, -0.05) is 0 Å². The van der Waals surface area contributed by atoms with Gasteiger partial charge in [-0.25, -0.2) is 0 Å². The smallest absolute Gasteiger partial charge is 0.125 e. The maximum absolute atomic E-state index is 9.78. The molecule has 3 heteroatoms. The van der Waals surface area contributed by atoms with Crippen molar-refractivity contribution in [3.8, 4) is 11.5 Å². The molecule has 1 aliphatic rings. The highest BCUT2D eigenvalue weighted by atomic mass is 16.5. The summed E-state index contributed by atoms with van der Waals surface area (Å²) >= 11 is 0. The van der Waals surface area contributed by atoms with E-state index in [1.807, 2.05) is 19.1 Å². The van der Waals surface area contributed by atoms with Crippen LogP contribution in [-0.2, 0) is 5.41 Å². The van der Waals surface area contributed by atoms with Crippen LogP contribution in [0.1, 0.15) is 24.0 Å². The lowest BCUT2D eigenvalue weighted by molar-refractivity contribution is 0.401. The van der Waals surface area contributed by atoms with Crippen LogP contribution < -0.4 is 10.5 Å². The van der Waals surface area contributed by atoms with Crippen molar-refractivity contribution in [1.82, 2.24) is 0 Å². The third-order valence-corrected chi connectivity index (χ3v) is 3.41. The van der Waals surface area contributed by atoms with Crippen LogP contribution >= 0.6 is 0 Å². The first-order valence-corrected chi connectivity index (χ1v) is 5.21. The van der Waals surface area contributed by atoms with Crippen LogP contribution in [0.5, 0.6) is 11.5 Å². The number of benzene rings is 1. The molecule has 3 nitrogen and oxygen atoms in total. The summed E-state index contributed by atoms with van der Waals surface area (Å²) in [6.45, 7) is 2.48. The monoisotopic (exact) mass is 207 g/mol. The van der Waals surface area contributed by atoms with Crippen molar-refractivity contribution >= 4 is 0 Å². The Labute approximate surface area is 89.9 Å². The van der Waals surface area contributed by atoms with Gasteiger partial charge in [0.15, 0.2) is 0 Å². The summed E-state index contributed by atoms with van der Waals surface area (Å²) in [5.74, 6) is 1.04. The highest BCUT2D eigenvalue weighted by Gasteiger charge is 2.43. The Hall–Kier alpha value is -1.22. The second-order valence-corrected chi connectivity index (χ2v) is 4.31. The van der Waals surface area contributed by atoms with E-state index in [1.165, 1.54) is 0 Å². The average Bonchev–Trinajstić information content (AvgIpc) is 3.02. The lowest BCUT2D eigenvalue weighted by atomic mass is 9.94. The maximum Gasteiger partial charge on any atom is 0.125 e. The zero-order chi connectivity index (χ0) is 11.1. The predicted molar refractivity (Wildman–Crippen MR) is 59.4 cm³/mol. The number of aromatic hydroxyl groups is 1. The van der Waals surface area contributed by atoms with Gasteiger partial charge in [0.2, 0.25) is 0 Å². The van der Waals surface area contributed by atoms with Crippen molar-refractivity contribution < 1.29 is 9.84 Å². The molecule has 0 aliphatic heterocycles. The molecule has 1 saturated carbocycles. The Morgan fingerprint density at radius 2 is 2.13 bits per heavy atom. The van der Waals surface area contributed by atoms with Gasteiger partial charge in [-0.2, -0.15) is 0 Å². The second kappa shape index (κ2) is 3.42. The van der Waals surface area contributed by atoms with E-state index in [2.05, 4.69) is 0 Å². The van der Waals surface area contributed by atoms with E-state index in [1.54, 1.807) is 7.11 Å². The minimum absolute atomic E-state index is 0.0957. The van der Waals surface area contributed by atoms with Gasteiger partial charge >= 0.3 is 0 Å². The molecule has 0 unspecified atom stereocenters. The molecular weight excluding hydrogens is 190 g/mol. The van der Waals surface area contributed by atoms with Gasteiger partial charge < -0.3 is 15.6 Å². The molecule has 82 valence electrons. The Bertz CT molecular complexity index is 383. The van der Waals surface area contributed by atoms with Crippen LogP contribution in [0.15, 0.2) is 12.1 Å². The Morgan fingerprint density at radius 1 is 1.47 bits per heavy atom. The molecule has 0 heterocycles. The zero-order valence-electron chi connectivity index (χ0n) is 9.21. The molecule has 0 spiro atoms.